The lowest BCUT2D eigenvalue weighted by Gasteiger charge is -2.30. The van der Waals surface area contributed by atoms with Crippen molar-refractivity contribution < 1.29 is 4.74 Å². The van der Waals surface area contributed by atoms with Crippen LogP contribution < -0.4 is 10.5 Å². The Bertz CT molecular complexity index is 408. The third-order valence-electron chi connectivity index (χ3n) is 3.82. The number of halogens is 1. The molecule has 106 valence electrons. The molecule has 0 spiro atoms. The molecule has 0 fully saturated rings. The van der Waals surface area contributed by atoms with Crippen molar-refractivity contribution in [2.45, 2.75) is 64.0 Å². The van der Waals surface area contributed by atoms with Crippen molar-refractivity contribution in [1.82, 2.24) is 0 Å². The predicted octanol–water partition coefficient (Wildman–Crippen LogP) is 4.96. The number of rotatable bonds is 6. The van der Waals surface area contributed by atoms with E-state index in [4.69, 9.17) is 10.5 Å². The molecule has 0 saturated heterocycles. The van der Waals surface area contributed by atoms with Gasteiger partial charge < -0.3 is 10.5 Å². The Kier molecular flexibility index (Phi) is 5.71. The molecule has 0 amide bonds. The first-order valence-corrected chi connectivity index (χ1v) is 8.21. The number of benzene rings is 1. The first kappa shape index (κ1) is 14.9. The highest BCUT2D eigenvalue weighted by atomic mass is 79.9. The van der Waals surface area contributed by atoms with Crippen LogP contribution in [0, 0.1) is 0 Å². The topological polar surface area (TPSA) is 35.2 Å². The van der Waals surface area contributed by atoms with E-state index in [1.54, 1.807) is 0 Å². The van der Waals surface area contributed by atoms with Gasteiger partial charge in [0.25, 0.3) is 0 Å². The predicted molar refractivity (Wildman–Crippen MR) is 83.5 cm³/mol. The fraction of sp³-hybridized carbons (Fsp3) is 0.625. The average molecular weight is 326 g/mol. The van der Waals surface area contributed by atoms with E-state index in [0.29, 0.717) is 6.10 Å². The van der Waals surface area contributed by atoms with Crippen molar-refractivity contribution in [3.63, 3.8) is 0 Å². The van der Waals surface area contributed by atoms with E-state index in [9.17, 15) is 0 Å². The summed E-state index contributed by atoms with van der Waals surface area (Å²) >= 11 is 3.49. The Morgan fingerprint density at radius 3 is 2.84 bits per heavy atom. The van der Waals surface area contributed by atoms with Gasteiger partial charge in [-0.25, -0.2) is 0 Å². The van der Waals surface area contributed by atoms with E-state index in [2.05, 4.69) is 28.9 Å². The first-order chi connectivity index (χ1) is 9.20. The zero-order valence-corrected chi connectivity index (χ0v) is 13.3. The van der Waals surface area contributed by atoms with Gasteiger partial charge >= 0.3 is 0 Å². The molecule has 0 radical (unpaired) electrons. The third kappa shape index (κ3) is 4.22. The van der Waals surface area contributed by atoms with Crippen LogP contribution in [0.25, 0.3) is 0 Å². The minimum absolute atomic E-state index is 0.123. The van der Waals surface area contributed by atoms with Crippen LogP contribution in [0.2, 0.25) is 0 Å². The lowest BCUT2D eigenvalue weighted by molar-refractivity contribution is 0.146. The van der Waals surface area contributed by atoms with Crippen molar-refractivity contribution in [2.75, 3.05) is 0 Å². The van der Waals surface area contributed by atoms with Gasteiger partial charge in [-0.15, -0.1) is 0 Å². The summed E-state index contributed by atoms with van der Waals surface area (Å²) in [6.07, 6.45) is 8.92. The van der Waals surface area contributed by atoms with E-state index in [-0.39, 0.29) is 6.04 Å². The van der Waals surface area contributed by atoms with Crippen LogP contribution >= 0.6 is 15.9 Å². The number of fused-ring (bicyclic) bond motifs is 1. The molecule has 2 nitrogen and oxygen atoms in total. The summed E-state index contributed by atoms with van der Waals surface area (Å²) in [5.41, 5.74) is 7.39. The molecule has 2 N–H and O–H groups in total. The molecule has 1 aliphatic rings. The minimum atomic E-state index is 0.123. The molecule has 1 aromatic carbocycles. The van der Waals surface area contributed by atoms with Crippen LogP contribution in [-0.2, 0) is 0 Å². The zero-order valence-electron chi connectivity index (χ0n) is 11.7. The molecule has 0 aliphatic carbocycles. The number of ether oxygens (including phenoxy) is 1. The van der Waals surface area contributed by atoms with E-state index in [1.165, 1.54) is 32.1 Å². The molecule has 3 heteroatoms. The maximum absolute atomic E-state index is 6.24. The third-order valence-corrected chi connectivity index (χ3v) is 4.31. The Morgan fingerprint density at radius 2 is 2.05 bits per heavy atom. The standard InChI is InChI=1S/C16H24BrNO/c1-2-3-4-5-6-7-13-11-15(18)14-9-8-12(17)10-16(14)19-13/h8-10,13,15H,2-7,11,18H2,1H3. The summed E-state index contributed by atoms with van der Waals surface area (Å²) in [6.45, 7) is 2.25. The van der Waals surface area contributed by atoms with Crippen molar-refractivity contribution in [2.24, 2.45) is 5.73 Å². The molecule has 1 heterocycles. The Labute approximate surface area is 124 Å². The van der Waals surface area contributed by atoms with Gasteiger partial charge in [0, 0.05) is 22.5 Å². The molecule has 1 aliphatic heterocycles. The summed E-state index contributed by atoms with van der Waals surface area (Å²) in [6, 6.07) is 6.27. The van der Waals surface area contributed by atoms with Crippen molar-refractivity contribution in [3.05, 3.63) is 28.2 Å². The molecular weight excluding hydrogens is 302 g/mol. The smallest absolute Gasteiger partial charge is 0.125 e. The van der Waals surface area contributed by atoms with Gasteiger partial charge in [0.15, 0.2) is 0 Å². The van der Waals surface area contributed by atoms with E-state index >= 15 is 0 Å². The summed E-state index contributed by atoms with van der Waals surface area (Å²) in [7, 11) is 0. The normalized spacial score (nSPS) is 21.8. The second-order valence-corrected chi connectivity index (χ2v) is 6.38. The van der Waals surface area contributed by atoms with E-state index < -0.39 is 0 Å². The van der Waals surface area contributed by atoms with Gasteiger partial charge in [0.2, 0.25) is 0 Å². The Balaban J connectivity index is 1.86. The van der Waals surface area contributed by atoms with Crippen LogP contribution in [0.4, 0.5) is 0 Å². The van der Waals surface area contributed by atoms with Crippen LogP contribution in [0.3, 0.4) is 0 Å². The highest BCUT2D eigenvalue weighted by molar-refractivity contribution is 9.10. The van der Waals surface area contributed by atoms with Gasteiger partial charge in [-0.1, -0.05) is 54.6 Å². The molecule has 19 heavy (non-hydrogen) atoms. The molecule has 0 saturated carbocycles. The summed E-state index contributed by atoms with van der Waals surface area (Å²) in [5.74, 6) is 0.965. The highest BCUT2D eigenvalue weighted by Gasteiger charge is 2.25. The molecule has 1 aromatic rings. The summed E-state index contributed by atoms with van der Waals surface area (Å²) < 4.78 is 7.14. The van der Waals surface area contributed by atoms with Crippen LogP contribution in [0.15, 0.2) is 22.7 Å². The van der Waals surface area contributed by atoms with E-state index in [1.807, 2.05) is 12.1 Å². The Hall–Kier alpha value is -0.540. The molecule has 2 unspecified atom stereocenters. The SMILES string of the molecule is CCCCCCCC1CC(N)c2ccc(Br)cc2O1. The monoisotopic (exact) mass is 325 g/mol. The lowest BCUT2D eigenvalue weighted by Crippen LogP contribution is -2.29. The lowest BCUT2D eigenvalue weighted by atomic mass is 9.94. The quantitative estimate of drug-likeness (QED) is 0.750. The minimum Gasteiger partial charge on any atom is -0.490 e. The van der Waals surface area contributed by atoms with Gasteiger partial charge in [-0.2, -0.15) is 0 Å². The number of nitrogens with two attached hydrogens (primary N) is 1. The Morgan fingerprint density at radius 1 is 1.26 bits per heavy atom. The summed E-state index contributed by atoms with van der Waals surface area (Å²) in [4.78, 5) is 0. The molecule has 2 atom stereocenters. The van der Waals surface area contributed by atoms with Crippen LogP contribution in [0.1, 0.15) is 63.5 Å². The molecule has 2 rings (SSSR count). The summed E-state index contributed by atoms with van der Waals surface area (Å²) in [5, 5.41) is 0. The van der Waals surface area contributed by atoms with Crippen LogP contribution in [0.5, 0.6) is 5.75 Å². The van der Waals surface area contributed by atoms with Gasteiger partial charge in [0.1, 0.15) is 11.9 Å². The van der Waals surface area contributed by atoms with Crippen molar-refractivity contribution in [3.8, 4) is 5.75 Å². The second kappa shape index (κ2) is 7.30. The maximum Gasteiger partial charge on any atom is 0.125 e. The fourth-order valence-corrected chi connectivity index (χ4v) is 3.05. The average Bonchev–Trinajstić information content (AvgIpc) is 2.38. The zero-order chi connectivity index (χ0) is 13.7. The van der Waals surface area contributed by atoms with Gasteiger partial charge in [0.05, 0.1) is 0 Å². The van der Waals surface area contributed by atoms with Crippen LogP contribution in [-0.4, -0.2) is 6.10 Å². The van der Waals surface area contributed by atoms with Gasteiger partial charge in [-0.3, -0.25) is 0 Å². The molecule has 0 aromatic heterocycles. The first-order valence-electron chi connectivity index (χ1n) is 7.42. The number of hydrogen-bond donors (Lipinski definition) is 1. The van der Waals surface area contributed by atoms with Gasteiger partial charge in [-0.05, 0) is 25.0 Å². The highest BCUT2D eigenvalue weighted by Crippen LogP contribution is 2.36. The van der Waals surface area contributed by atoms with Crippen molar-refractivity contribution >= 4 is 15.9 Å². The number of hydrogen-bond acceptors (Lipinski definition) is 2. The second-order valence-electron chi connectivity index (χ2n) is 5.47. The fourth-order valence-electron chi connectivity index (χ4n) is 2.71. The molecular formula is C16H24BrNO. The number of unbranched alkanes of at least 4 members (excludes halogenated alkanes) is 4. The maximum atomic E-state index is 6.24. The molecule has 0 bridgehead atoms. The van der Waals surface area contributed by atoms with Crippen molar-refractivity contribution in [1.29, 1.82) is 0 Å². The largest absolute Gasteiger partial charge is 0.490 e. The van der Waals surface area contributed by atoms with E-state index in [0.717, 1.165) is 28.6 Å².